The van der Waals surface area contributed by atoms with Crippen molar-refractivity contribution in [2.45, 2.75) is 31.9 Å². The summed E-state index contributed by atoms with van der Waals surface area (Å²) in [6.45, 7) is 6.56. The topological polar surface area (TPSA) is 74.7 Å². The molecule has 2 aromatic carbocycles. The van der Waals surface area contributed by atoms with Gasteiger partial charge in [-0.2, -0.15) is 0 Å². The smallest absolute Gasteiger partial charge is 0.407 e. The summed E-state index contributed by atoms with van der Waals surface area (Å²) in [6, 6.07) is 19.7. The number of nitrogens with one attached hydrogen (secondary N) is 1. The lowest BCUT2D eigenvalue weighted by Gasteiger charge is -2.32. The minimum atomic E-state index is -0.968. The molecule has 3 aromatic rings. The van der Waals surface area contributed by atoms with Crippen LogP contribution in [0.3, 0.4) is 0 Å². The number of hydrogen-bond donors (Lipinski definition) is 2. The summed E-state index contributed by atoms with van der Waals surface area (Å²) in [7, 11) is 0. The number of benzene rings is 2. The normalized spacial score (nSPS) is 20.8. The van der Waals surface area contributed by atoms with Crippen molar-refractivity contribution in [1.82, 2.24) is 15.2 Å². The van der Waals surface area contributed by atoms with Crippen LogP contribution in [0.2, 0.25) is 0 Å². The van der Waals surface area contributed by atoms with Gasteiger partial charge in [-0.15, -0.1) is 0 Å². The number of carbonyl (C=O) groups is 1. The summed E-state index contributed by atoms with van der Waals surface area (Å²) in [5.74, 6) is 1.24. The third-order valence-corrected chi connectivity index (χ3v) is 7.07. The number of nitrogens with zero attached hydrogens (tertiary/aromatic N) is 2. The molecule has 2 aliphatic rings. The van der Waals surface area contributed by atoms with Crippen molar-refractivity contribution in [1.29, 1.82) is 0 Å². The number of carboxylic acid groups (broad SMARTS) is 1. The van der Waals surface area contributed by atoms with Gasteiger partial charge in [0.1, 0.15) is 11.9 Å². The lowest BCUT2D eigenvalue weighted by Crippen LogP contribution is -2.39. The number of pyridine rings is 1. The standard InChI is InChI=1S/C28H30FN3O3/c1-28(2,17-32(27(33)34)16-18-6-4-3-5-7-18)20-12-24(19-8-10-21(29)11-9-19)31-25(13-20)35-26-22-14-30-15-23(22)26/h3-13,22-23,26,30H,14-17H2,1-2H3,(H,33,34)/t22-,23+,26?. The van der Waals surface area contributed by atoms with Gasteiger partial charge in [-0.1, -0.05) is 44.2 Å². The first-order valence-corrected chi connectivity index (χ1v) is 12.0. The predicted octanol–water partition coefficient (Wildman–Crippen LogP) is 4.94. The zero-order valence-corrected chi connectivity index (χ0v) is 19.9. The van der Waals surface area contributed by atoms with Crippen LogP contribution in [-0.4, -0.2) is 46.8 Å². The summed E-state index contributed by atoms with van der Waals surface area (Å²) < 4.78 is 19.9. The van der Waals surface area contributed by atoms with Gasteiger partial charge in [0.2, 0.25) is 5.88 Å². The van der Waals surface area contributed by atoms with Gasteiger partial charge in [0, 0.05) is 55.1 Å². The van der Waals surface area contributed by atoms with Crippen LogP contribution in [0, 0.1) is 17.7 Å². The zero-order chi connectivity index (χ0) is 24.6. The van der Waals surface area contributed by atoms with Crippen molar-refractivity contribution < 1.29 is 19.0 Å². The number of halogens is 1. The molecule has 35 heavy (non-hydrogen) atoms. The number of aromatic nitrogens is 1. The SMILES string of the molecule is CC(C)(CN(Cc1ccccc1)C(=O)O)c1cc(OC2[C@H]3CNC[C@@H]23)nc(-c2ccc(F)cc2)c1. The van der Waals surface area contributed by atoms with Crippen LogP contribution in [0.25, 0.3) is 11.3 Å². The maximum atomic E-state index is 13.5. The largest absolute Gasteiger partial charge is 0.474 e. The van der Waals surface area contributed by atoms with Gasteiger partial charge < -0.3 is 20.1 Å². The Morgan fingerprint density at radius 3 is 2.46 bits per heavy atom. The minimum Gasteiger partial charge on any atom is -0.474 e. The molecule has 1 saturated heterocycles. The summed E-state index contributed by atoms with van der Waals surface area (Å²) in [6.07, 6.45) is -0.818. The molecular formula is C28H30FN3O3. The van der Waals surface area contributed by atoms with Crippen molar-refractivity contribution in [2.75, 3.05) is 19.6 Å². The Labute approximate surface area is 204 Å². The fourth-order valence-electron chi connectivity index (χ4n) is 4.96. The molecule has 0 spiro atoms. The van der Waals surface area contributed by atoms with Crippen LogP contribution in [-0.2, 0) is 12.0 Å². The predicted molar refractivity (Wildman–Crippen MR) is 132 cm³/mol. The average Bonchev–Trinajstić information content (AvgIpc) is 3.24. The molecule has 0 radical (unpaired) electrons. The van der Waals surface area contributed by atoms with E-state index in [1.54, 1.807) is 12.1 Å². The lowest BCUT2D eigenvalue weighted by molar-refractivity contribution is 0.131. The van der Waals surface area contributed by atoms with E-state index in [2.05, 4.69) is 5.32 Å². The fourth-order valence-corrected chi connectivity index (χ4v) is 4.96. The molecule has 1 aliphatic carbocycles. The third kappa shape index (κ3) is 5.15. The van der Waals surface area contributed by atoms with E-state index in [9.17, 15) is 14.3 Å². The first-order valence-electron chi connectivity index (χ1n) is 12.0. The molecule has 1 amide bonds. The fraction of sp³-hybridized carbons (Fsp3) is 0.357. The van der Waals surface area contributed by atoms with E-state index in [4.69, 9.17) is 9.72 Å². The molecule has 3 atom stereocenters. The highest BCUT2D eigenvalue weighted by molar-refractivity contribution is 5.65. The monoisotopic (exact) mass is 475 g/mol. The molecule has 1 unspecified atom stereocenters. The van der Waals surface area contributed by atoms with Crippen molar-refractivity contribution in [2.24, 2.45) is 11.8 Å². The van der Waals surface area contributed by atoms with Gasteiger partial charge in [-0.05, 0) is 41.5 Å². The molecule has 1 aliphatic heterocycles. The van der Waals surface area contributed by atoms with Crippen LogP contribution in [0.4, 0.5) is 9.18 Å². The number of rotatable bonds is 8. The van der Waals surface area contributed by atoms with Crippen molar-refractivity contribution in [3.63, 3.8) is 0 Å². The number of piperidine rings is 1. The van der Waals surface area contributed by atoms with Crippen molar-refractivity contribution in [3.8, 4) is 17.1 Å². The third-order valence-electron chi connectivity index (χ3n) is 7.07. The van der Waals surface area contributed by atoms with E-state index in [-0.39, 0.29) is 11.9 Å². The maximum Gasteiger partial charge on any atom is 0.407 e. The Morgan fingerprint density at radius 1 is 1.11 bits per heavy atom. The molecule has 2 N–H and O–H groups in total. The number of amides is 1. The number of fused-ring (bicyclic) bond motifs is 1. The van der Waals surface area contributed by atoms with E-state index >= 15 is 0 Å². The molecule has 2 heterocycles. The van der Waals surface area contributed by atoms with Crippen molar-refractivity contribution >= 4 is 6.09 Å². The number of hydrogen-bond acceptors (Lipinski definition) is 4. The van der Waals surface area contributed by atoms with E-state index in [1.165, 1.54) is 17.0 Å². The van der Waals surface area contributed by atoms with Crippen LogP contribution in [0.1, 0.15) is 25.0 Å². The molecular weight excluding hydrogens is 445 g/mol. The highest BCUT2D eigenvalue weighted by Gasteiger charge is 2.55. The van der Waals surface area contributed by atoms with Gasteiger partial charge in [0.05, 0.1) is 5.69 Å². The first-order chi connectivity index (χ1) is 16.8. The van der Waals surface area contributed by atoms with Gasteiger partial charge in [0.15, 0.2) is 0 Å². The maximum absolute atomic E-state index is 13.5. The molecule has 182 valence electrons. The molecule has 6 nitrogen and oxygen atoms in total. The van der Waals surface area contributed by atoms with E-state index in [0.29, 0.717) is 36.5 Å². The van der Waals surface area contributed by atoms with Gasteiger partial charge in [-0.25, -0.2) is 14.2 Å². The van der Waals surface area contributed by atoms with E-state index < -0.39 is 11.5 Å². The molecule has 7 heteroatoms. The Balaban J connectivity index is 1.44. The van der Waals surface area contributed by atoms with Crippen LogP contribution < -0.4 is 10.1 Å². The molecule has 1 saturated carbocycles. The quantitative estimate of drug-likeness (QED) is 0.483. The average molecular weight is 476 g/mol. The second-order valence-electron chi connectivity index (χ2n) is 10.2. The zero-order valence-electron chi connectivity index (χ0n) is 19.9. The van der Waals surface area contributed by atoms with Crippen LogP contribution in [0.15, 0.2) is 66.7 Å². The molecule has 5 rings (SSSR count). The Bertz CT molecular complexity index is 1190. The lowest BCUT2D eigenvalue weighted by atomic mass is 9.83. The Morgan fingerprint density at radius 2 is 1.80 bits per heavy atom. The highest BCUT2D eigenvalue weighted by Crippen LogP contribution is 2.45. The summed E-state index contributed by atoms with van der Waals surface area (Å²) in [4.78, 5) is 18.3. The van der Waals surface area contributed by atoms with Gasteiger partial charge in [-0.3, -0.25) is 0 Å². The summed E-state index contributed by atoms with van der Waals surface area (Å²) >= 11 is 0. The first kappa shape index (κ1) is 23.3. The second kappa shape index (κ2) is 9.30. The van der Waals surface area contributed by atoms with E-state index in [0.717, 1.165) is 29.8 Å². The molecule has 2 fully saturated rings. The summed E-state index contributed by atoms with van der Waals surface area (Å²) in [5, 5.41) is 13.3. The van der Waals surface area contributed by atoms with Gasteiger partial charge in [0.25, 0.3) is 0 Å². The second-order valence-corrected chi connectivity index (χ2v) is 10.2. The van der Waals surface area contributed by atoms with Crippen LogP contribution >= 0.6 is 0 Å². The Kier molecular flexibility index (Phi) is 6.19. The summed E-state index contributed by atoms with van der Waals surface area (Å²) in [5.41, 5.74) is 2.80. The number of ether oxygens (including phenoxy) is 1. The Hall–Kier alpha value is -3.45. The van der Waals surface area contributed by atoms with E-state index in [1.807, 2.05) is 56.3 Å². The minimum absolute atomic E-state index is 0.150. The molecule has 0 bridgehead atoms. The highest BCUT2D eigenvalue weighted by atomic mass is 19.1. The van der Waals surface area contributed by atoms with Crippen LogP contribution in [0.5, 0.6) is 5.88 Å². The van der Waals surface area contributed by atoms with Crippen molar-refractivity contribution in [3.05, 3.63) is 83.7 Å². The van der Waals surface area contributed by atoms with Gasteiger partial charge >= 0.3 is 6.09 Å². The molecule has 1 aromatic heterocycles.